The van der Waals surface area contributed by atoms with E-state index in [1.165, 1.54) is 18.3 Å². The van der Waals surface area contributed by atoms with Crippen LogP contribution in [-0.4, -0.2) is 21.8 Å². The number of pyridine rings is 1. The zero-order chi connectivity index (χ0) is 23.3. The van der Waals surface area contributed by atoms with Crippen LogP contribution < -0.4 is 4.90 Å². The lowest BCUT2D eigenvalue weighted by Gasteiger charge is -2.26. The van der Waals surface area contributed by atoms with Crippen LogP contribution >= 0.6 is 11.6 Å². The average molecular weight is 467 g/mol. The normalized spacial score (nSPS) is 16.2. The molecule has 2 aromatic heterocycles. The summed E-state index contributed by atoms with van der Waals surface area (Å²) in [4.78, 5) is 31.5. The number of hydrogen-bond acceptors (Lipinski definition) is 5. The van der Waals surface area contributed by atoms with Crippen LogP contribution in [0.3, 0.4) is 0 Å². The molecule has 0 radical (unpaired) electrons. The molecule has 6 nitrogen and oxygen atoms in total. The Bertz CT molecular complexity index is 1470. The maximum absolute atomic E-state index is 14.6. The molecule has 0 saturated carbocycles. The van der Waals surface area contributed by atoms with Gasteiger partial charge < -0.3 is 9.52 Å². The third-order valence-corrected chi connectivity index (χ3v) is 5.53. The molecule has 33 heavy (non-hydrogen) atoms. The largest absolute Gasteiger partial charge is 0.503 e. The molecule has 1 aliphatic rings. The molecule has 3 heterocycles. The van der Waals surface area contributed by atoms with Crippen LogP contribution in [0.25, 0.3) is 11.0 Å². The van der Waals surface area contributed by atoms with Crippen molar-refractivity contribution in [2.24, 2.45) is 0 Å². The van der Waals surface area contributed by atoms with E-state index >= 15 is 0 Å². The summed E-state index contributed by atoms with van der Waals surface area (Å²) in [6, 6.07) is 12.1. The lowest BCUT2D eigenvalue weighted by molar-refractivity contribution is -0.117. The van der Waals surface area contributed by atoms with E-state index in [4.69, 9.17) is 16.0 Å². The predicted octanol–water partition coefficient (Wildman–Crippen LogP) is 5.54. The number of anilines is 1. The highest BCUT2D eigenvalue weighted by Gasteiger charge is 2.47. The number of furan rings is 1. The maximum atomic E-state index is 14.6. The van der Waals surface area contributed by atoms with E-state index in [9.17, 15) is 23.5 Å². The molecule has 0 saturated heterocycles. The van der Waals surface area contributed by atoms with Crippen molar-refractivity contribution in [1.82, 2.24) is 4.98 Å². The molecular weight excluding hydrogens is 454 g/mol. The van der Waals surface area contributed by atoms with Gasteiger partial charge in [-0.2, -0.15) is 0 Å². The first-order valence-electron chi connectivity index (χ1n) is 9.71. The van der Waals surface area contributed by atoms with Crippen molar-refractivity contribution in [3.63, 3.8) is 0 Å². The van der Waals surface area contributed by atoms with Crippen molar-refractivity contribution in [3.05, 3.63) is 106 Å². The lowest BCUT2D eigenvalue weighted by Crippen LogP contribution is -2.32. The topological polar surface area (TPSA) is 83.6 Å². The fourth-order valence-corrected chi connectivity index (χ4v) is 4.01. The summed E-state index contributed by atoms with van der Waals surface area (Å²) in [5.74, 6) is -4.65. The van der Waals surface area contributed by atoms with E-state index in [0.717, 1.165) is 23.1 Å². The number of carbonyl (C=O) groups is 2. The number of carbonyl (C=O) groups excluding carboxylic acids is 2. The van der Waals surface area contributed by atoms with E-state index < -0.39 is 40.8 Å². The fraction of sp³-hybridized carbons (Fsp3) is 0.0417. The zero-order valence-corrected chi connectivity index (χ0v) is 17.4. The van der Waals surface area contributed by atoms with Crippen molar-refractivity contribution < 1.29 is 27.9 Å². The summed E-state index contributed by atoms with van der Waals surface area (Å²) in [7, 11) is 0. The molecule has 1 N–H and O–H groups in total. The van der Waals surface area contributed by atoms with Crippen LogP contribution in [0.15, 0.2) is 82.6 Å². The van der Waals surface area contributed by atoms with Gasteiger partial charge in [0.15, 0.2) is 11.5 Å². The van der Waals surface area contributed by atoms with Gasteiger partial charge in [0, 0.05) is 22.7 Å². The van der Waals surface area contributed by atoms with Crippen molar-refractivity contribution in [2.45, 2.75) is 6.04 Å². The van der Waals surface area contributed by atoms with Gasteiger partial charge in [0.2, 0.25) is 5.78 Å². The van der Waals surface area contributed by atoms with Gasteiger partial charge >= 0.3 is 0 Å². The second-order valence-electron chi connectivity index (χ2n) is 7.31. The Labute approximate surface area is 190 Å². The SMILES string of the molecule is O=C(C1=C(O)C(=O)N(c2cc(F)ccc2F)C1c1ccccn1)c1cc2cc(Cl)ccc2o1. The summed E-state index contributed by atoms with van der Waals surface area (Å²) >= 11 is 5.99. The van der Waals surface area contributed by atoms with Gasteiger partial charge in [-0.3, -0.25) is 19.5 Å². The van der Waals surface area contributed by atoms with Gasteiger partial charge in [-0.25, -0.2) is 8.78 Å². The number of fused-ring (bicyclic) bond motifs is 1. The fourth-order valence-electron chi connectivity index (χ4n) is 3.83. The number of aliphatic hydroxyl groups excluding tert-OH is 1. The highest BCUT2D eigenvalue weighted by molar-refractivity contribution is 6.31. The Morgan fingerprint density at radius 2 is 1.91 bits per heavy atom. The molecule has 9 heteroatoms. The standard InChI is InChI=1S/C24H13ClF2N2O4/c25-13-4-7-18-12(9-13)10-19(33-18)22(30)20-21(16-3-1-2-8-28-16)29(24(32)23(20)31)17-11-14(26)5-6-15(17)27/h1-11,21,31H. The number of nitrogens with zero attached hydrogens (tertiary/aromatic N) is 2. The summed E-state index contributed by atoms with van der Waals surface area (Å²) in [5, 5.41) is 11.7. The molecule has 0 aliphatic carbocycles. The molecule has 0 bridgehead atoms. The van der Waals surface area contributed by atoms with E-state index in [1.807, 2.05) is 0 Å². The second-order valence-corrected chi connectivity index (χ2v) is 7.75. The number of hydrogen-bond donors (Lipinski definition) is 1. The smallest absolute Gasteiger partial charge is 0.294 e. The Kier molecular flexibility index (Phi) is 4.94. The first kappa shape index (κ1) is 20.8. The number of halogens is 3. The van der Waals surface area contributed by atoms with Gasteiger partial charge in [-0.05, 0) is 48.5 Å². The minimum Gasteiger partial charge on any atom is -0.503 e. The van der Waals surface area contributed by atoms with E-state index in [0.29, 0.717) is 16.0 Å². The Morgan fingerprint density at radius 3 is 2.67 bits per heavy atom. The predicted molar refractivity (Wildman–Crippen MR) is 116 cm³/mol. The number of benzene rings is 2. The molecule has 1 amide bonds. The number of aliphatic hydroxyl groups is 1. The van der Waals surface area contributed by atoms with Gasteiger partial charge in [0.05, 0.1) is 17.0 Å². The van der Waals surface area contributed by atoms with Crippen molar-refractivity contribution in [2.75, 3.05) is 4.90 Å². The molecule has 164 valence electrons. The van der Waals surface area contributed by atoms with Crippen molar-refractivity contribution in [3.8, 4) is 0 Å². The Morgan fingerprint density at radius 1 is 1.09 bits per heavy atom. The zero-order valence-electron chi connectivity index (χ0n) is 16.6. The minimum atomic E-state index is -1.32. The highest BCUT2D eigenvalue weighted by Crippen LogP contribution is 2.42. The average Bonchev–Trinajstić information content (AvgIpc) is 3.34. The molecule has 1 atom stereocenters. The van der Waals surface area contributed by atoms with Crippen molar-refractivity contribution >= 4 is 39.9 Å². The van der Waals surface area contributed by atoms with E-state index in [1.54, 1.807) is 30.3 Å². The van der Waals surface area contributed by atoms with Crippen LogP contribution in [0.2, 0.25) is 5.02 Å². The van der Waals surface area contributed by atoms with E-state index in [2.05, 4.69) is 4.98 Å². The first-order valence-corrected chi connectivity index (χ1v) is 10.1. The summed E-state index contributed by atoms with van der Waals surface area (Å²) in [6.45, 7) is 0. The van der Waals surface area contributed by atoms with Gasteiger partial charge in [-0.15, -0.1) is 0 Å². The van der Waals surface area contributed by atoms with Crippen LogP contribution in [0.4, 0.5) is 14.5 Å². The molecule has 1 unspecified atom stereocenters. The van der Waals surface area contributed by atoms with Gasteiger partial charge in [0.1, 0.15) is 23.3 Å². The van der Waals surface area contributed by atoms with Crippen molar-refractivity contribution in [1.29, 1.82) is 0 Å². The van der Waals surface area contributed by atoms with Gasteiger partial charge in [0.25, 0.3) is 5.91 Å². The molecule has 2 aromatic carbocycles. The highest BCUT2D eigenvalue weighted by atomic mass is 35.5. The van der Waals surface area contributed by atoms with Crippen LogP contribution in [0.1, 0.15) is 22.3 Å². The summed E-state index contributed by atoms with van der Waals surface area (Å²) in [5.41, 5.74) is -0.274. The Hall–Kier alpha value is -4.04. The van der Waals surface area contributed by atoms with Gasteiger partial charge in [-0.1, -0.05) is 17.7 Å². The number of ketones is 1. The van der Waals surface area contributed by atoms with E-state index in [-0.39, 0.29) is 17.0 Å². The Balaban J connectivity index is 1.68. The first-order chi connectivity index (χ1) is 15.8. The maximum Gasteiger partial charge on any atom is 0.294 e. The monoisotopic (exact) mass is 466 g/mol. The number of Topliss-reactive ketones (excluding diaryl/α,β-unsaturated/α-hetero) is 1. The summed E-state index contributed by atoms with van der Waals surface area (Å²) < 4.78 is 34.2. The molecule has 1 aliphatic heterocycles. The second kappa shape index (κ2) is 7.83. The third kappa shape index (κ3) is 3.44. The molecule has 5 rings (SSSR count). The summed E-state index contributed by atoms with van der Waals surface area (Å²) in [6.07, 6.45) is 1.42. The third-order valence-electron chi connectivity index (χ3n) is 5.29. The molecular formula is C24H13ClF2N2O4. The number of rotatable bonds is 4. The van der Waals surface area contributed by atoms with Crippen LogP contribution in [-0.2, 0) is 4.79 Å². The van der Waals surface area contributed by atoms with Crippen LogP contribution in [0.5, 0.6) is 0 Å². The number of amides is 1. The number of aromatic nitrogens is 1. The minimum absolute atomic E-state index is 0.163. The van der Waals surface area contributed by atoms with Crippen LogP contribution in [0, 0.1) is 11.6 Å². The molecule has 0 spiro atoms. The molecule has 4 aromatic rings. The molecule has 0 fully saturated rings. The quantitative estimate of drug-likeness (QED) is 0.399. The lowest BCUT2D eigenvalue weighted by atomic mass is 9.98.